The van der Waals surface area contributed by atoms with Crippen LogP contribution in [0, 0.1) is 12.7 Å². The second-order valence-electron chi connectivity index (χ2n) is 5.94. The minimum atomic E-state index is -0.565. The molecule has 0 aliphatic carbocycles. The van der Waals surface area contributed by atoms with Crippen molar-refractivity contribution >= 4 is 34.2 Å². The molecule has 4 nitrogen and oxygen atoms in total. The zero-order valence-electron chi connectivity index (χ0n) is 13.0. The summed E-state index contributed by atoms with van der Waals surface area (Å²) in [4.78, 5) is 14.4. The van der Waals surface area contributed by atoms with Crippen LogP contribution >= 0.6 is 28.3 Å². The molecular formula is C16H21BrClFN2O2. The first kappa shape index (κ1) is 18.5. The molecule has 3 rings (SSSR count). The number of ether oxygens (including phenoxy) is 1. The topological polar surface area (TPSA) is 41.6 Å². The third kappa shape index (κ3) is 3.98. The first-order chi connectivity index (χ1) is 10.6. The lowest BCUT2D eigenvalue weighted by Gasteiger charge is -2.31. The smallest absolute Gasteiger partial charge is 0.263 e. The van der Waals surface area contributed by atoms with Crippen LogP contribution in [0.15, 0.2) is 16.6 Å². The molecule has 7 heteroatoms. The minimum absolute atomic E-state index is 0. The van der Waals surface area contributed by atoms with Crippen molar-refractivity contribution in [2.45, 2.75) is 38.3 Å². The van der Waals surface area contributed by atoms with Gasteiger partial charge >= 0.3 is 0 Å². The number of aryl methyl sites for hydroxylation is 1. The van der Waals surface area contributed by atoms with Gasteiger partial charge < -0.3 is 15.0 Å². The van der Waals surface area contributed by atoms with Crippen LogP contribution in [0.5, 0.6) is 5.75 Å². The second kappa shape index (κ2) is 7.81. The van der Waals surface area contributed by atoms with E-state index in [0.29, 0.717) is 23.5 Å². The molecule has 0 aromatic heterocycles. The third-order valence-corrected chi connectivity index (χ3v) is 5.28. The quantitative estimate of drug-likeness (QED) is 0.837. The maximum atomic E-state index is 14.0. The Bertz CT molecular complexity index is 581. The van der Waals surface area contributed by atoms with Crippen molar-refractivity contribution in [3.63, 3.8) is 0 Å². The molecule has 0 radical (unpaired) electrons. The highest BCUT2D eigenvalue weighted by Crippen LogP contribution is 2.29. The van der Waals surface area contributed by atoms with Crippen molar-refractivity contribution in [1.29, 1.82) is 0 Å². The lowest BCUT2D eigenvalue weighted by molar-refractivity contribution is -0.135. The van der Waals surface area contributed by atoms with Crippen molar-refractivity contribution in [3.05, 3.63) is 28.0 Å². The highest BCUT2D eigenvalue weighted by molar-refractivity contribution is 9.10. The highest BCUT2D eigenvalue weighted by atomic mass is 79.9. The van der Waals surface area contributed by atoms with E-state index in [1.807, 2.05) is 11.8 Å². The first-order valence-corrected chi connectivity index (χ1v) is 8.49. The number of amides is 1. The molecule has 2 aliphatic heterocycles. The molecule has 2 aliphatic rings. The van der Waals surface area contributed by atoms with Gasteiger partial charge in [-0.25, -0.2) is 4.39 Å². The number of piperidine rings is 1. The van der Waals surface area contributed by atoms with E-state index in [1.165, 1.54) is 6.07 Å². The summed E-state index contributed by atoms with van der Waals surface area (Å²) in [7, 11) is 0. The minimum Gasteiger partial charge on any atom is -0.477 e. The Kier molecular flexibility index (Phi) is 6.28. The summed E-state index contributed by atoms with van der Waals surface area (Å²) in [6, 6.07) is 3.31. The monoisotopic (exact) mass is 406 g/mol. The van der Waals surface area contributed by atoms with Gasteiger partial charge in [-0.15, -0.1) is 12.4 Å². The van der Waals surface area contributed by atoms with E-state index in [-0.39, 0.29) is 24.1 Å². The van der Waals surface area contributed by atoms with Gasteiger partial charge in [0.05, 0.1) is 0 Å². The Morgan fingerprint density at radius 1 is 1.30 bits per heavy atom. The SMILES string of the molecule is Cc1cc(O[C@H]2CCN(C3CCNCC3)C2=O)c(F)cc1Br.Cl. The summed E-state index contributed by atoms with van der Waals surface area (Å²) < 4.78 is 20.3. The van der Waals surface area contributed by atoms with Gasteiger partial charge in [0.15, 0.2) is 17.7 Å². The highest BCUT2D eigenvalue weighted by Gasteiger charge is 2.38. The Balaban J connectivity index is 0.00000192. The number of carbonyl (C=O) groups is 1. The Hall–Kier alpha value is -0.850. The van der Waals surface area contributed by atoms with E-state index in [1.54, 1.807) is 6.07 Å². The van der Waals surface area contributed by atoms with E-state index in [4.69, 9.17) is 4.74 Å². The van der Waals surface area contributed by atoms with Crippen LogP contribution in [0.3, 0.4) is 0 Å². The molecule has 0 saturated carbocycles. The second-order valence-corrected chi connectivity index (χ2v) is 6.79. The van der Waals surface area contributed by atoms with Crippen LogP contribution in [-0.2, 0) is 4.79 Å². The van der Waals surface area contributed by atoms with Crippen molar-refractivity contribution < 1.29 is 13.9 Å². The van der Waals surface area contributed by atoms with Crippen LogP contribution in [0.1, 0.15) is 24.8 Å². The molecular weight excluding hydrogens is 387 g/mol. The number of hydrogen-bond donors (Lipinski definition) is 1. The van der Waals surface area contributed by atoms with Gasteiger partial charge in [0, 0.05) is 23.5 Å². The summed E-state index contributed by atoms with van der Waals surface area (Å²) in [6.45, 7) is 4.46. The number of nitrogens with zero attached hydrogens (tertiary/aromatic N) is 1. The molecule has 1 aromatic rings. The first-order valence-electron chi connectivity index (χ1n) is 7.70. The molecule has 128 valence electrons. The Labute approximate surface area is 150 Å². The number of nitrogens with one attached hydrogen (secondary N) is 1. The fourth-order valence-electron chi connectivity index (χ4n) is 3.14. The van der Waals surface area contributed by atoms with Crippen LogP contribution in [0.4, 0.5) is 4.39 Å². The summed E-state index contributed by atoms with van der Waals surface area (Å²) in [5, 5.41) is 3.30. The van der Waals surface area contributed by atoms with Gasteiger partial charge in [0.1, 0.15) is 0 Å². The molecule has 2 saturated heterocycles. The molecule has 2 heterocycles. The normalized spacial score (nSPS) is 22.1. The molecule has 2 fully saturated rings. The summed E-state index contributed by atoms with van der Waals surface area (Å²) in [6.07, 6.45) is 2.01. The number of halogens is 3. The van der Waals surface area contributed by atoms with E-state index in [2.05, 4.69) is 21.2 Å². The number of rotatable bonds is 3. The molecule has 0 unspecified atom stereocenters. The molecule has 0 bridgehead atoms. The Morgan fingerprint density at radius 2 is 2.00 bits per heavy atom. The Morgan fingerprint density at radius 3 is 2.70 bits per heavy atom. The van der Waals surface area contributed by atoms with Crippen molar-refractivity contribution in [3.8, 4) is 5.75 Å². The molecule has 23 heavy (non-hydrogen) atoms. The average Bonchev–Trinajstić information content (AvgIpc) is 2.87. The fraction of sp³-hybridized carbons (Fsp3) is 0.562. The lowest BCUT2D eigenvalue weighted by Crippen LogP contribution is -2.45. The van der Waals surface area contributed by atoms with Gasteiger partial charge in [0.25, 0.3) is 5.91 Å². The lowest BCUT2D eigenvalue weighted by atomic mass is 10.1. The summed E-state index contributed by atoms with van der Waals surface area (Å²) in [5.41, 5.74) is 0.886. The van der Waals surface area contributed by atoms with Crippen LogP contribution in [0.25, 0.3) is 0 Å². The van der Waals surface area contributed by atoms with Crippen LogP contribution < -0.4 is 10.1 Å². The number of hydrogen-bond acceptors (Lipinski definition) is 3. The number of carbonyl (C=O) groups excluding carboxylic acids is 1. The molecule has 1 N–H and O–H groups in total. The molecule has 1 atom stereocenters. The van der Waals surface area contributed by atoms with E-state index in [9.17, 15) is 9.18 Å². The van der Waals surface area contributed by atoms with E-state index in [0.717, 1.165) is 31.5 Å². The summed E-state index contributed by atoms with van der Waals surface area (Å²) >= 11 is 3.29. The van der Waals surface area contributed by atoms with Gasteiger partial charge in [-0.2, -0.15) is 0 Å². The van der Waals surface area contributed by atoms with Gasteiger partial charge in [-0.3, -0.25) is 4.79 Å². The van der Waals surface area contributed by atoms with Crippen molar-refractivity contribution in [2.24, 2.45) is 0 Å². The molecule has 1 aromatic carbocycles. The summed E-state index contributed by atoms with van der Waals surface area (Å²) in [5.74, 6) is -0.288. The molecule has 0 spiro atoms. The van der Waals surface area contributed by atoms with E-state index >= 15 is 0 Å². The predicted octanol–water partition coefficient (Wildman–Crippen LogP) is 3.05. The maximum Gasteiger partial charge on any atom is 0.263 e. The zero-order valence-corrected chi connectivity index (χ0v) is 15.4. The van der Waals surface area contributed by atoms with Gasteiger partial charge in [0.2, 0.25) is 0 Å². The number of benzene rings is 1. The van der Waals surface area contributed by atoms with Crippen LogP contribution in [0.2, 0.25) is 0 Å². The third-order valence-electron chi connectivity index (χ3n) is 4.42. The van der Waals surface area contributed by atoms with Gasteiger partial charge in [-0.05, 0) is 50.6 Å². The molecule has 1 amide bonds. The van der Waals surface area contributed by atoms with Crippen molar-refractivity contribution in [1.82, 2.24) is 10.2 Å². The van der Waals surface area contributed by atoms with Crippen LogP contribution in [-0.4, -0.2) is 42.6 Å². The van der Waals surface area contributed by atoms with Gasteiger partial charge in [-0.1, -0.05) is 15.9 Å². The standard InChI is InChI=1S/C16H20BrFN2O2.ClH/c1-10-8-15(13(18)9-12(10)17)22-14-4-7-20(16(14)21)11-2-5-19-6-3-11;/h8-9,11,14,19H,2-7H2,1H3;1H/t14-;/m0./s1. The van der Waals surface area contributed by atoms with E-state index < -0.39 is 11.9 Å². The zero-order chi connectivity index (χ0) is 15.7. The average molecular weight is 408 g/mol. The van der Waals surface area contributed by atoms with Crippen molar-refractivity contribution in [2.75, 3.05) is 19.6 Å². The predicted molar refractivity (Wildman–Crippen MR) is 92.7 cm³/mol. The number of likely N-dealkylation sites (tertiary alicyclic amines) is 1. The largest absolute Gasteiger partial charge is 0.477 e. The maximum absolute atomic E-state index is 14.0. The fourth-order valence-corrected chi connectivity index (χ4v) is 3.45.